The van der Waals surface area contributed by atoms with Gasteiger partial charge in [0.05, 0.1) is 11.6 Å². The van der Waals surface area contributed by atoms with Crippen molar-refractivity contribution in [2.75, 3.05) is 26.2 Å². The van der Waals surface area contributed by atoms with Gasteiger partial charge in [0.2, 0.25) is 5.91 Å². The lowest BCUT2D eigenvalue weighted by atomic mass is 9.82. The highest BCUT2D eigenvalue weighted by molar-refractivity contribution is 7.11. The fourth-order valence-corrected chi connectivity index (χ4v) is 5.12. The van der Waals surface area contributed by atoms with Crippen LogP contribution >= 0.6 is 11.3 Å². The number of rotatable bonds is 4. The SMILES string of the molecule is Cc1ccc(CN2CCC3(CC2)OCC(=O)N(CC2CC2)[C@H]3C)s1. The highest BCUT2D eigenvalue weighted by atomic mass is 32.1. The number of piperidine rings is 1. The molecule has 0 unspecified atom stereocenters. The zero-order valence-electron chi connectivity index (χ0n) is 14.8. The van der Waals surface area contributed by atoms with Crippen molar-refractivity contribution in [3.63, 3.8) is 0 Å². The molecular formula is C19H28N2O2S. The van der Waals surface area contributed by atoms with Gasteiger partial charge in [-0.2, -0.15) is 0 Å². The number of aryl methyl sites for hydroxylation is 1. The molecule has 1 aromatic heterocycles. The standard InChI is InChI=1S/C19H28N2O2S/c1-14-3-6-17(24-14)12-20-9-7-19(8-10-20)15(2)21(11-16-4-5-16)18(22)13-23-19/h3,6,15-16H,4-5,7-13H2,1-2H3/t15-/m0/s1. The first-order valence-electron chi connectivity index (χ1n) is 9.27. The van der Waals surface area contributed by atoms with E-state index in [0.717, 1.165) is 44.9 Å². The maximum atomic E-state index is 12.3. The number of ether oxygens (including phenoxy) is 1. The molecule has 3 heterocycles. The van der Waals surface area contributed by atoms with Crippen molar-refractivity contribution in [3.8, 4) is 0 Å². The van der Waals surface area contributed by atoms with Gasteiger partial charge in [-0.05, 0) is 57.6 Å². The summed E-state index contributed by atoms with van der Waals surface area (Å²) in [4.78, 5) is 19.8. The smallest absolute Gasteiger partial charge is 0.248 e. The van der Waals surface area contributed by atoms with Crippen molar-refractivity contribution in [2.24, 2.45) is 5.92 Å². The molecule has 3 aliphatic rings. The second-order valence-corrected chi connectivity index (χ2v) is 9.18. The third kappa shape index (κ3) is 3.26. The molecule has 1 amide bonds. The van der Waals surface area contributed by atoms with Crippen molar-refractivity contribution >= 4 is 17.2 Å². The average Bonchev–Trinajstić information content (AvgIpc) is 3.31. The molecule has 4 rings (SSSR count). The molecule has 2 saturated heterocycles. The summed E-state index contributed by atoms with van der Waals surface area (Å²) in [6.45, 7) is 8.78. The van der Waals surface area contributed by atoms with Gasteiger partial charge in [-0.15, -0.1) is 11.3 Å². The third-order valence-corrected chi connectivity index (χ3v) is 7.05. The largest absolute Gasteiger partial charge is 0.363 e. The van der Waals surface area contributed by atoms with Crippen LogP contribution in [0.5, 0.6) is 0 Å². The lowest BCUT2D eigenvalue weighted by Crippen LogP contribution is -2.64. The molecule has 0 aromatic carbocycles. The molecule has 4 nitrogen and oxygen atoms in total. The zero-order chi connectivity index (χ0) is 16.7. The van der Waals surface area contributed by atoms with Crippen LogP contribution in [0, 0.1) is 12.8 Å². The number of hydrogen-bond acceptors (Lipinski definition) is 4. The minimum Gasteiger partial charge on any atom is -0.363 e. The van der Waals surface area contributed by atoms with E-state index in [9.17, 15) is 4.79 Å². The van der Waals surface area contributed by atoms with E-state index >= 15 is 0 Å². The molecule has 1 saturated carbocycles. The number of likely N-dealkylation sites (tertiary alicyclic amines) is 1. The van der Waals surface area contributed by atoms with Crippen molar-refractivity contribution in [2.45, 2.75) is 57.7 Å². The van der Waals surface area contributed by atoms with E-state index in [1.165, 1.54) is 22.6 Å². The van der Waals surface area contributed by atoms with E-state index < -0.39 is 0 Å². The van der Waals surface area contributed by atoms with Crippen LogP contribution in [0.2, 0.25) is 0 Å². The second kappa shape index (κ2) is 6.43. The minimum absolute atomic E-state index is 0.120. The third-order valence-electron chi connectivity index (χ3n) is 6.06. The number of thiophene rings is 1. The molecule has 0 N–H and O–H groups in total. The summed E-state index contributed by atoms with van der Waals surface area (Å²) in [7, 11) is 0. The Morgan fingerprint density at radius 1 is 1.29 bits per heavy atom. The zero-order valence-corrected chi connectivity index (χ0v) is 15.6. The molecule has 2 aliphatic heterocycles. The van der Waals surface area contributed by atoms with Crippen LogP contribution < -0.4 is 0 Å². The number of carbonyl (C=O) groups is 1. The van der Waals surface area contributed by atoms with Crippen molar-refractivity contribution in [1.82, 2.24) is 9.80 Å². The number of morpholine rings is 1. The molecule has 0 bridgehead atoms. The summed E-state index contributed by atoms with van der Waals surface area (Å²) >= 11 is 1.90. The van der Waals surface area contributed by atoms with Gasteiger partial charge in [-0.25, -0.2) is 0 Å². The van der Waals surface area contributed by atoms with Crippen LogP contribution in [0.1, 0.15) is 42.4 Å². The van der Waals surface area contributed by atoms with E-state index in [-0.39, 0.29) is 24.2 Å². The first kappa shape index (κ1) is 16.6. The Labute approximate surface area is 148 Å². The van der Waals surface area contributed by atoms with Gasteiger partial charge in [0.25, 0.3) is 0 Å². The Morgan fingerprint density at radius 3 is 2.67 bits per heavy atom. The van der Waals surface area contributed by atoms with Gasteiger partial charge < -0.3 is 9.64 Å². The highest BCUT2D eigenvalue weighted by Crippen LogP contribution is 2.39. The van der Waals surface area contributed by atoms with Gasteiger partial charge in [0.1, 0.15) is 6.61 Å². The fraction of sp³-hybridized carbons (Fsp3) is 0.737. The van der Waals surface area contributed by atoms with Gasteiger partial charge in [-0.1, -0.05) is 0 Å². The lowest BCUT2D eigenvalue weighted by molar-refractivity contribution is -0.187. The van der Waals surface area contributed by atoms with Gasteiger partial charge >= 0.3 is 0 Å². The average molecular weight is 349 g/mol. The van der Waals surface area contributed by atoms with Crippen LogP contribution in [-0.4, -0.2) is 53.6 Å². The highest BCUT2D eigenvalue weighted by Gasteiger charge is 2.48. The normalized spacial score (nSPS) is 27.8. The van der Waals surface area contributed by atoms with Gasteiger partial charge in [0.15, 0.2) is 0 Å². The minimum atomic E-state index is -0.120. The van der Waals surface area contributed by atoms with Crippen LogP contribution in [0.25, 0.3) is 0 Å². The van der Waals surface area contributed by atoms with E-state index in [1.807, 2.05) is 11.3 Å². The number of nitrogens with zero attached hydrogens (tertiary/aromatic N) is 2. The van der Waals surface area contributed by atoms with E-state index in [4.69, 9.17) is 4.74 Å². The van der Waals surface area contributed by atoms with Gasteiger partial charge in [0, 0.05) is 35.9 Å². The summed E-state index contributed by atoms with van der Waals surface area (Å²) in [5.41, 5.74) is -0.120. The molecule has 1 spiro atoms. The molecule has 3 fully saturated rings. The van der Waals surface area contributed by atoms with Crippen LogP contribution in [-0.2, 0) is 16.1 Å². The van der Waals surface area contributed by atoms with E-state index in [2.05, 4.69) is 35.8 Å². The van der Waals surface area contributed by atoms with Gasteiger partial charge in [-0.3, -0.25) is 9.69 Å². The van der Waals surface area contributed by atoms with Crippen LogP contribution in [0.15, 0.2) is 12.1 Å². The quantitative estimate of drug-likeness (QED) is 0.838. The fourth-order valence-electron chi connectivity index (χ4n) is 4.19. The number of hydrogen-bond donors (Lipinski definition) is 0. The summed E-state index contributed by atoms with van der Waals surface area (Å²) < 4.78 is 6.15. The Morgan fingerprint density at radius 2 is 2.04 bits per heavy atom. The van der Waals surface area contributed by atoms with Crippen molar-refractivity contribution < 1.29 is 9.53 Å². The number of carbonyl (C=O) groups excluding carboxylic acids is 1. The molecule has 5 heteroatoms. The summed E-state index contributed by atoms with van der Waals surface area (Å²) in [5.74, 6) is 0.935. The van der Waals surface area contributed by atoms with Crippen LogP contribution in [0.3, 0.4) is 0 Å². The monoisotopic (exact) mass is 348 g/mol. The number of amides is 1. The molecule has 1 aliphatic carbocycles. The van der Waals surface area contributed by atoms with E-state index in [1.54, 1.807) is 0 Å². The second-order valence-electron chi connectivity index (χ2n) is 7.81. The molecule has 132 valence electrons. The summed E-state index contributed by atoms with van der Waals surface area (Å²) in [6, 6.07) is 4.67. The maximum Gasteiger partial charge on any atom is 0.248 e. The predicted molar refractivity (Wildman–Crippen MR) is 96.1 cm³/mol. The van der Waals surface area contributed by atoms with Crippen molar-refractivity contribution in [1.29, 1.82) is 0 Å². The lowest BCUT2D eigenvalue weighted by Gasteiger charge is -2.51. The Kier molecular flexibility index (Phi) is 4.43. The molecule has 1 atom stereocenters. The summed E-state index contributed by atoms with van der Waals surface area (Å²) in [6.07, 6.45) is 4.65. The topological polar surface area (TPSA) is 32.8 Å². The maximum absolute atomic E-state index is 12.3. The first-order chi connectivity index (χ1) is 11.6. The Balaban J connectivity index is 1.38. The van der Waals surface area contributed by atoms with Crippen molar-refractivity contribution in [3.05, 3.63) is 21.9 Å². The summed E-state index contributed by atoms with van der Waals surface area (Å²) in [5, 5.41) is 0. The first-order valence-corrected chi connectivity index (χ1v) is 10.1. The predicted octanol–water partition coefficient (Wildman–Crippen LogP) is 3.05. The van der Waals surface area contributed by atoms with E-state index in [0.29, 0.717) is 0 Å². The van der Waals surface area contributed by atoms with Crippen LogP contribution in [0.4, 0.5) is 0 Å². The molecule has 0 radical (unpaired) electrons. The molecule has 1 aromatic rings. The Hall–Kier alpha value is -0.910. The molecular weight excluding hydrogens is 320 g/mol. The molecule has 24 heavy (non-hydrogen) atoms. The Bertz CT molecular complexity index is 602.